The first-order valence-electron chi connectivity index (χ1n) is 25.8. The highest BCUT2D eigenvalue weighted by Gasteiger charge is 2.31. The maximum Gasteiger partial charge on any atom is 0.362 e. The highest BCUT2D eigenvalue weighted by Crippen LogP contribution is 2.15. The van der Waals surface area contributed by atoms with E-state index in [2.05, 4.69) is 74.6 Å². The standard InChI is InChI=1S/C55H97NO7/c1-6-8-10-12-14-16-18-20-22-24-26-28-29-31-33-35-37-39-41-43-45-53(57)62-50-51(49-61-48-47-52(55(59)60)56(3,4)5)63-54(58)46-44-42-40-38-36-34-32-30-27-25-23-21-19-17-15-13-11-9-7-2/h9,11,15,17,21,23,26-28,30,51-52H,6-8,10,12-14,16,18-20,22,24-25,29,31-50H2,1-5H3/p+1/b11-9+,17-15+,23-21+,28-26+,30-27+. The number of nitrogens with zero attached hydrogens (tertiary/aromatic N) is 1. The number of unbranched alkanes of at least 4 members (excludes halogenated alkanes) is 22. The number of hydrogen-bond donors (Lipinski definition) is 1. The highest BCUT2D eigenvalue weighted by atomic mass is 16.6. The molecule has 0 spiro atoms. The molecular weight excluding hydrogens is 787 g/mol. The molecule has 0 radical (unpaired) electrons. The van der Waals surface area contributed by atoms with Crippen molar-refractivity contribution in [2.24, 2.45) is 0 Å². The number of rotatable bonds is 46. The molecule has 0 aliphatic heterocycles. The van der Waals surface area contributed by atoms with E-state index in [1.54, 1.807) is 0 Å². The molecule has 0 fully saturated rings. The average molecular weight is 885 g/mol. The number of aliphatic carboxylic acids is 1. The lowest BCUT2D eigenvalue weighted by Crippen LogP contribution is -2.50. The summed E-state index contributed by atoms with van der Waals surface area (Å²) in [4.78, 5) is 37.2. The summed E-state index contributed by atoms with van der Waals surface area (Å²) in [5, 5.41) is 9.65. The zero-order chi connectivity index (χ0) is 46.3. The van der Waals surface area contributed by atoms with Crippen molar-refractivity contribution >= 4 is 17.9 Å². The van der Waals surface area contributed by atoms with Crippen LogP contribution < -0.4 is 0 Å². The quantitative estimate of drug-likeness (QED) is 0.0281. The van der Waals surface area contributed by atoms with Gasteiger partial charge in [0.15, 0.2) is 12.1 Å². The van der Waals surface area contributed by atoms with Crippen molar-refractivity contribution in [2.75, 3.05) is 41.0 Å². The van der Waals surface area contributed by atoms with Crippen LogP contribution in [0.2, 0.25) is 0 Å². The molecule has 0 saturated heterocycles. The van der Waals surface area contributed by atoms with Crippen LogP contribution in [0.25, 0.3) is 0 Å². The number of carbonyl (C=O) groups excluding carboxylic acids is 2. The normalized spacial score (nSPS) is 13.3. The zero-order valence-corrected chi connectivity index (χ0v) is 41.5. The number of hydrogen-bond acceptors (Lipinski definition) is 6. The van der Waals surface area contributed by atoms with Crippen molar-refractivity contribution in [3.63, 3.8) is 0 Å². The molecule has 8 heteroatoms. The number of esters is 2. The predicted octanol–water partition coefficient (Wildman–Crippen LogP) is 14.9. The second kappa shape index (κ2) is 45.6. The van der Waals surface area contributed by atoms with Gasteiger partial charge >= 0.3 is 17.9 Å². The van der Waals surface area contributed by atoms with Gasteiger partial charge in [-0.25, -0.2) is 4.79 Å². The fraction of sp³-hybridized carbons (Fsp3) is 0.764. The minimum atomic E-state index is -0.878. The summed E-state index contributed by atoms with van der Waals surface area (Å²) < 4.78 is 17.3. The molecule has 0 aliphatic carbocycles. The largest absolute Gasteiger partial charge is 0.477 e. The summed E-state index contributed by atoms with van der Waals surface area (Å²) in [5.74, 6) is -1.49. The monoisotopic (exact) mass is 885 g/mol. The van der Waals surface area contributed by atoms with Crippen LogP contribution in [0.15, 0.2) is 60.8 Å². The minimum absolute atomic E-state index is 0.0525. The smallest absolute Gasteiger partial charge is 0.362 e. The highest BCUT2D eigenvalue weighted by molar-refractivity contribution is 5.72. The summed E-state index contributed by atoms with van der Waals surface area (Å²) >= 11 is 0. The third-order valence-corrected chi connectivity index (χ3v) is 11.4. The van der Waals surface area contributed by atoms with Gasteiger partial charge in [0.2, 0.25) is 0 Å². The molecule has 0 aromatic carbocycles. The molecule has 0 saturated carbocycles. The van der Waals surface area contributed by atoms with Gasteiger partial charge in [-0.05, 0) is 77.0 Å². The molecule has 2 atom stereocenters. The van der Waals surface area contributed by atoms with Crippen LogP contribution in [0.5, 0.6) is 0 Å². The molecule has 0 heterocycles. The van der Waals surface area contributed by atoms with Crippen LogP contribution >= 0.6 is 0 Å². The fourth-order valence-electron chi connectivity index (χ4n) is 7.43. The second-order valence-corrected chi connectivity index (χ2v) is 18.4. The molecular formula is C55H98NO7+. The van der Waals surface area contributed by atoms with Gasteiger partial charge in [-0.1, -0.05) is 184 Å². The van der Waals surface area contributed by atoms with E-state index in [1.165, 1.54) is 109 Å². The minimum Gasteiger partial charge on any atom is -0.477 e. The lowest BCUT2D eigenvalue weighted by Gasteiger charge is -2.31. The van der Waals surface area contributed by atoms with Gasteiger partial charge in [-0.15, -0.1) is 0 Å². The molecule has 0 rings (SSSR count). The Hall–Kier alpha value is -2.97. The lowest BCUT2D eigenvalue weighted by atomic mass is 10.1. The van der Waals surface area contributed by atoms with E-state index in [-0.39, 0.29) is 36.2 Å². The Labute approximate surface area is 388 Å². The number of carboxylic acid groups (broad SMARTS) is 1. The maximum absolute atomic E-state index is 12.8. The van der Waals surface area contributed by atoms with E-state index in [1.807, 2.05) is 21.1 Å². The van der Waals surface area contributed by atoms with Gasteiger partial charge in [0.05, 0.1) is 34.4 Å². The van der Waals surface area contributed by atoms with Crippen LogP contribution in [-0.4, -0.2) is 80.6 Å². The molecule has 0 aliphatic rings. The van der Waals surface area contributed by atoms with Crippen molar-refractivity contribution in [1.82, 2.24) is 0 Å². The molecule has 0 bridgehead atoms. The number of carbonyl (C=O) groups is 3. The molecule has 8 nitrogen and oxygen atoms in total. The van der Waals surface area contributed by atoms with Crippen molar-refractivity contribution in [3.05, 3.63) is 60.8 Å². The Balaban J connectivity index is 4.28. The van der Waals surface area contributed by atoms with Crippen molar-refractivity contribution in [2.45, 2.75) is 231 Å². The molecule has 1 N–H and O–H groups in total. The Bertz CT molecular complexity index is 1210. The van der Waals surface area contributed by atoms with Gasteiger partial charge in [-0.2, -0.15) is 0 Å². The number of carboxylic acids is 1. The first kappa shape index (κ1) is 60.0. The SMILES string of the molecule is CC/C=C/C/C=C/C/C=C/C/C=C/CCCCCCCCC(=O)OC(COCCC(C(=O)O)[N+](C)(C)C)COC(=O)CCCCCCCCC/C=C/CCCCCCCCCCC. The summed E-state index contributed by atoms with van der Waals surface area (Å²) in [5.41, 5.74) is 0. The molecule has 0 amide bonds. The lowest BCUT2D eigenvalue weighted by molar-refractivity contribution is -0.887. The Morgan fingerprint density at radius 2 is 0.889 bits per heavy atom. The van der Waals surface area contributed by atoms with E-state index in [0.29, 0.717) is 19.3 Å². The number of ether oxygens (including phenoxy) is 3. The van der Waals surface area contributed by atoms with Crippen molar-refractivity contribution < 1.29 is 38.2 Å². The average Bonchev–Trinajstić information content (AvgIpc) is 3.24. The summed E-state index contributed by atoms with van der Waals surface area (Å²) in [6.07, 6.45) is 57.0. The number of quaternary nitrogens is 1. The Morgan fingerprint density at radius 3 is 1.33 bits per heavy atom. The van der Waals surface area contributed by atoms with Gasteiger partial charge in [0.1, 0.15) is 6.61 Å². The molecule has 2 unspecified atom stereocenters. The van der Waals surface area contributed by atoms with Crippen LogP contribution in [0.4, 0.5) is 0 Å². The summed E-state index contributed by atoms with van der Waals surface area (Å²) in [6.45, 7) is 4.62. The van der Waals surface area contributed by atoms with Crippen molar-refractivity contribution in [3.8, 4) is 0 Å². The van der Waals surface area contributed by atoms with Crippen LogP contribution in [0, 0.1) is 0 Å². The van der Waals surface area contributed by atoms with E-state index in [9.17, 15) is 19.5 Å². The molecule has 63 heavy (non-hydrogen) atoms. The molecule has 0 aromatic heterocycles. The summed E-state index contributed by atoms with van der Waals surface area (Å²) in [7, 11) is 5.53. The molecule has 0 aromatic rings. The fourth-order valence-corrected chi connectivity index (χ4v) is 7.43. The van der Waals surface area contributed by atoms with E-state index in [4.69, 9.17) is 14.2 Å². The van der Waals surface area contributed by atoms with Crippen LogP contribution in [0.3, 0.4) is 0 Å². The number of allylic oxidation sites excluding steroid dienone is 10. The second-order valence-electron chi connectivity index (χ2n) is 18.4. The first-order valence-corrected chi connectivity index (χ1v) is 25.8. The number of likely N-dealkylation sites (N-methyl/N-ethyl adjacent to an activating group) is 1. The first-order chi connectivity index (χ1) is 30.6. The summed E-state index contributed by atoms with van der Waals surface area (Å²) in [6, 6.07) is -0.621. The van der Waals surface area contributed by atoms with Gasteiger partial charge in [0, 0.05) is 19.3 Å². The third kappa shape index (κ3) is 44.0. The van der Waals surface area contributed by atoms with E-state index >= 15 is 0 Å². The van der Waals surface area contributed by atoms with Crippen LogP contribution in [0.1, 0.15) is 219 Å². The van der Waals surface area contributed by atoms with Crippen molar-refractivity contribution in [1.29, 1.82) is 0 Å². The Morgan fingerprint density at radius 1 is 0.492 bits per heavy atom. The van der Waals surface area contributed by atoms with Gasteiger partial charge in [0.25, 0.3) is 0 Å². The maximum atomic E-state index is 12.8. The Kier molecular flexibility index (Phi) is 43.4. The van der Waals surface area contributed by atoms with E-state index in [0.717, 1.165) is 77.0 Å². The molecule has 364 valence electrons. The zero-order valence-electron chi connectivity index (χ0n) is 41.5. The van der Waals surface area contributed by atoms with E-state index < -0.39 is 18.1 Å². The topological polar surface area (TPSA) is 99.1 Å². The van der Waals surface area contributed by atoms with Crippen LogP contribution in [-0.2, 0) is 28.6 Å². The van der Waals surface area contributed by atoms with Gasteiger partial charge < -0.3 is 23.8 Å². The third-order valence-electron chi connectivity index (χ3n) is 11.4. The van der Waals surface area contributed by atoms with Gasteiger partial charge in [-0.3, -0.25) is 9.59 Å². The predicted molar refractivity (Wildman–Crippen MR) is 266 cm³/mol.